The minimum absolute atomic E-state index is 0.00422. The van der Waals surface area contributed by atoms with Crippen LogP contribution in [0.1, 0.15) is 25.3 Å². The summed E-state index contributed by atoms with van der Waals surface area (Å²) in [7, 11) is 0. The molecule has 0 aliphatic carbocycles. The molecule has 1 aromatic heterocycles. The first-order chi connectivity index (χ1) is 14.0. The Kier molecular flexibility index (Phi) is 6.78. The topological polar surface area (TPSA) is 93.0 Å². The average Bonchev–Trinajstić information content (AvgIpc) is 3.27. The molecule has 0 spiro atoms. The summed E-state index contributed by atoms with van der Waals surface area (Å²) in [5.41, 5.74) is 3.62. The van der Waals surface area contributed by atoms with Crippen LogP contribution in [0.25, 0.3) is 0 Å². The van der Waals surface area contributed by atoms with E-state index in [0.29, 0.717) is 11.5 Å². The van der Waals surface area contributed by atoms with Crippen LogP contribution in [0.2, 0.25) is 0 Å². The van der Waals surface area contributed by atoms with E-state index in [2.05, 4.69) is 10.5 Å². The number of ether oxygens (including phenoxy) is 1. The van der Waals surface area contributed by atoms with E-state index >= 15 is 0 Å². The van der Waals surface area contributed by atoms with Gasteiger partial charge in [-0.1, -0.05) is 6.07 Å². The highest BCUT2D eigenvalue weighted by Gasteiger charge is 2.18. The van der Waals surface area contributed by atoms with Crippen LogP contribution < -0.4 is 15.7 Å². The van der Waals surface area contributed by atoms with Crippen molar-refractivity contribution in [2.45, 2.75) is 26.3 Å². The molecule has 29 heavy (non-hydrogen) atoms. The SMILES string of the molecule is C/C(=N/NC(=O)Cn1ccccc1=O)c1ccc(OCC(=O)N2CCCC2)cc1. The van der Waals surface area contributed by atoms with Crippen LogP contribution in [0.3, 0.4) is 0 Å². The second-order valence-corrected chi connectivity index (χ2v) is 6.80. The molecular formula is C21H24N4O4. The summed E-state index contributed by atoms with van der Waals surface area (Å²) in [5.74, 6) is 0.212. The maximum Gasteiger partial charge on any atom is 0.260 e. The Labute approximate surface area is 168 Å². The van der Waals surface area contributed by atoms with Gasteiger partial charge in [-0.3, -0.25) is 14.4 Å². The predicted octanol–water partition coefficient (Wildman–Crippen LogP) is 1.39. The molecule has 8 heteroatoms. The van der Waals surface area contributed by atoms with Crippen molar-refractivity contribution >= 4 is 17.5 Å². The second kappa shape index (κ2) is 9.68. The van der Waals surface area contributed by atoms with Gasteiger partial charge in [0.05, 0.1) is 5.71 Å². The number of likely N-dealkylation sites (tertiary alicyclic amines) is 1. The Hall–Kier alpha value is -3.42. The molecule has 152 valence electrons. The molecule has 0 atom stereocenters. The fourth-order valence-corrected chi connectivity index (χ4v) is 2.99. The minimum atomic E-state index is -0.391. The number of hydrogen-bond donors (Lipinski definition) is 1. The van der Waals surface area contributed by atoms with Crippen LogP contribution in [0.4, 0.5) is 0 Å². The summed E-state index contributed by atoms with van der Waals surface area (Å²) >= 11 is 0. The van der Waals surface area contributed by atoms with Gasteiger partial charge in [-0.2, -0.15) is 5.10 Å². The Morgan fingerprint density at radius 2 is 1.83 bits per heavy atom. The smallest absolute Gasteiger partial charge is 0.260 e. The monoisotopic (exact) mass is 396 g/mol. The number of aromatic nitrogens is 1. The molecule has 0 radical (unpaired) electrons. The normalized spacial score (nSPS) is 14.0. The van der Waals surface area contributed by atoms with Crippen molar-refractivity contribution in [3.8, 4) is 5.75 Å². The van der Waals surface area contributed by atoms with Crippen molar-refractivity contribution in [3.63, 3.8) is 0 Å². The van der Waals surface area contributed by atoms with Gasteiger partial charge in [0.25, 0.3) is 17.4 Å². The fraction of sp³-hybridized carbons (Fsp3) is 0.333. The molecule has 3 rings (SSSR count). The molecular weight excluding hydrogens is 372 g/mol. The zero-order valence-electron chi connectivity index (χ0n) is 16.3. The first-order valence-corrected chi connectivity index (χ1v) is 9.52. The average molecular weight is 396 g/mol. The van der Waals surface area contributed by atoms with Crippen molar-refractivity contribution in [2.24, 2.45) is 5.10 Å². The van der Waals surface area contributed by atoms with Crippen molar-refractivity contribution in [3.05, 3.63) is 64.6 Å². The van der Waals surface area contributed by atoms with Crippen molar-refractivity contribution < 1.29 is 14.3 Å². The van der Waals surface area contributed by atoms with Crippen LogP contribution in [-0.2, 0) is 16.1 Å². The van der Waals surface area contributed by atoms with Gasteiger partial charge >= 0.3 is 0 Å². The number of benzene rings is 1. The van der Waals surface area contributed by atoms with E-state index in [0.717, 1.165) is 31.5 Å². The van der Waals surface area contributed by atoms with E-state index < -0.39 is 5.91 Å². The maximum atomic E-state index is 12.0. The molecule has 0 bridgehead atoms. The van der Waals surface area contributed by atoms with E-state index in [9.17, 15) is 14.4 Å². The standard InChI is InChI=1S/C21H24N4O4/c1-16(22-23-19(26)14-25-13-3-2-6-20(25)27)17-7-9-18(10-8-17)29-15-21(28)24-11-4-5-12-24/h2-3,6-10,13H,4-5,11-12,14-15H2,1H3,(H,23,26)/b22-16-. The van der Waals surface area contributed by atoms with Crippen molar-refractivity contribution in [2.75, 3.05) is 19.7 Å². The summed E-state index contributed by atoms with van der Waals surface area (Å²) in [5, 5.41) is 4.08. The quantitative estimate of drug-likeness (QED) is 0.565. The first kappa shape index (κ1) is 20.3. The number of nitrogens with zero attached hydrogens (tertiary/aromatic N) is 3. The summed E-state index contributed by atoms with van der Waals surface area (Å²) < 4.78 is 6.86. The predicted molar refractivity (Wildman–Crippen MR) is 109 cm³/mol. The fourth-order valence-electron chi connectivity index (χ4n) is 2.99. The lowest BCUT2D eigenvalue weighted by molar-refractivity contribution is -0.132. The Bertz CT molecular complexity index is 944. The first-order valence-electron chi connectivity index (χ1n) is 9.52. The largest absolute Gasteiger partial charge is 0.484 e. The molecule has 2 aromatic rings. The third-order valence-electron chi connectivity index (χ3n) is 4.65. The summed E-state index contributed by atoms with van der Waals surface area (Å²) in [6.07, 6.45) is 3.65. The molecule has 1 aromatic carbocycles. The molecule has 1 fully saturated rings. The van der Waals surface area contributed by atoms with Crippen LogP contribution in [0.15, 0.2) is 58.6 Å². The molecule has 1 saturated heterocycles. The zero-order chi connectivity index (χ0) is 20.6. The summed E-state index contributed by atoms with van der Waals surface area (Å²) in [6, 6.07) is 11.8. The highest BCUT2D eigenvalue weighted by Crippen LogP contribution is 2.14. The molecule has 0 saturated carbocycles. The number of carbonyl (C=O) groups is 2. The van der Waals surface area contributed by atoms with Gasteiger partial charge in [-0.15, -0.1) is 0 Å². The highest BCUT2D eigenvalue weighted by molar-refractivity contribution is 5.99. The van der Waals surface area contributed by atoms with Crippen LogP contribution in [0.5, 0.6) is 5.75 Å². The lowest BCUT2D eigenvalue weighted by Crippen LogP contribution is -2.32. The highest BCUT2D eigenvalue weighted by atomic mass is 16.5. The van der Waals surface area contributed by atoms with Crippen LogP contribution in [-0.4, -0.2) is 46.7 Å². The summed E-state index contributed by atoms with van der Waals surface area (Å²) in [4.78, 5) is 37.4. The van der Waals surface area contributed by atoms with E-state index in [1.54, 1.807) is 37.4 Å². The molecule has 1 N–H and O–H groups in total. The molecule has 0 unspecified atom stereocenters. The maximum absolute atomic E-state index is 12.0. The molecule has 1 aliphatic rings. The lowest BCUT2D eigenvalue weighted by atomic mass is 10.1. The van der Waals surface area contributed by atoms with Gasteiger partial charge < -0.3 is 14.2 Å². The molecule has 1 aliphatic heterocycles. The number of carbonyl (C=O) groups excluding carboxylic acids is 2. The number of hydrazone groups is 1. The van der Waals surface area contributed by atoms with E-state index in [1.807, 2.05) is 17.0 Å². The molecule has 2 amide bonds. The van der Waals surface area contributed by atoms with Crippen LogP contribution in [0, 0.1) is 0 Å². The van der Waals surface area contributed by atoms with Crippen molar-refractivity contribution in [1.29, 1.82) is 0 Å². The molecule has 2 heterocycles. The molecule has 8 nitrogen and oxygen atoms in total. The van der Waals surface area contributed by atoms with Gasteiger partial charge in [0, 0.05) is 25.4 Å². The van der Waals surface area contributed by atoms with Gasteiger partial charge in [0.1, 0.15) is 12.3 Å². The number of nitrogens with one attached hydrogen (secondary N) is 1. The Morgan fingerprint density at radius 1 is 1.10 bits per heavy atom. The Balaban J connectivity index is 1.50. The number of hydrogen-bond acceptors (Lipinski definition) is 5. The second-order valence-electron chi connectivity index (χ2n) is 6.80. The minimum Gasteiger partial charge on any atom is -0.484 e. The number of amides is 2. The lowest BCUT2D eigenvalue weighted by Gasteiger charge is -2.15. The van der Waals surface area contributed by atoms with E-state index in [1.165, 1.54) is 10.6 Å². The van der Waals surface area contributed by atoms with E-state index in [4.69, 9.17) is 4.74 Å². The third kappa shape index (κ3) is 5.78. The zero-order valence-corrected chi connectivity index (χ0v) is 16.3. The van der Waals surface area contributed by atoms with Gasteiger partial charge in [-0.05, 0) is 55.7 Å². The number of rotatable bonds is 7. The van der Waals surface area contributed by atoms with Gasteiger partial charge in [-0.25, -0.2) is 5.43 Å². The third-order valence-corrected chi connectivity index (χ3v) is 4.65. The van der Waals surface area contributed by atoms with E-state index in [-0.39, 0.29) is 24.6 Å². The van der Waals surface area contributed by atoms with Gasteiger partial charge in [0.15, 0.2) is 6.61 Å². The van der Waals surface area contributed by atoms with Gasteiger partial charge in [0.2, 0.25) is 0 Å². The van der Waals surface area contributed by atoms with Crippen molar-refractivity contribution in [1.82, 2.24) is 14.9 Å². The number of pyridine rings is 1. The Morgan fingerprint density at radius 3 is 2.52 bits per heavy atom. The summed E-state index contributed by atoms with van der Waals surface area (Å²) in [6.45, 7) is 3.31. The van der Waals surface area contributed by atoms with Crippen LogP contribution >= 0.6 is 0 Å².